The number of ether oxygens (including phenoxy) is 1. The van der Waals surface area contributed by atoms with Gasteiger partial charge in [-0.25, -0.2) is 0 Å². The fourth-order valence-corrected chi connectivity index (χ4v) is 2.28. The first-order chi connectivity index (χ1) is 10.4. The Morgan fingerprint density at radius 1 is 1.36 bits per heavy atom. The smallest absolute Gasteiger partial charge is 0.316 e. The zero-order chi connectivity index (χ0) is 16.3. The van der Waals surface area contributed by atoms with Crippen molar-refractivity contribution in [1.29, 1.82) is 0 Å². The molecule has 0 aromatic heterocycles. The predicted molar refractivity (Wildman–Crippen MR) is 77.2 cm³/mol. The standard InChI is InChI=1S/C14H11Cl2NO5/c15-7-1-2-10(9(16)5-7)17-13(20)12(19)6-11(18)8-3-4-22-14(8)21/h1-2,5-6,8,19H,3-4H2,(H,17,20)/p-1/b12-6+/t8-/m0/s1. The van der Waals surface area contributed by atoms with Crippen LogP contribution >= 0.6 is 23.2 Å². The lowest BCUT2D eigenvalue weighted by Gasteiger charge is -2.13. The number of amides is 1. The molecular formula is C14H10Cl2NO5-. The fourth-order valence-electron chi connectivity index (χ4n) is 1.82. The van der Waals surface area contributed by atoms with Gasteiger partial charge in [-0.3, -0.25) is 14.4 Å². The minimum Gasteiger partial charge on any atom is -0.869 e. The van der Waals surface area contributed by atoms with Crippen molar-refractivity contribution in [2.45, 2.75) is 6.42 Å². The molecule has 2 rings (SSSR count). The number of ketones is 1. The molecule has 8 heteroatoms. The summed E-state index contributed by atoms with van der Waals surface area (Å²) in [6.45, 7) is 0.129. The van der Waals surface area contributed by atoms with E-state index in [2.05, 4.69) is 10.1 Å². The zero-order valence-electron chi connectivity index (χ0n) is 11.1. The van der Waals surface area contributed by atoms with Crippen LogP contribution in [-0.2, 0) is 19.1 Å². The van der Waals surface area contributed by atoms with Gasteiger partial charge >= 0.3 is 5.97 Å². The van der Waals surface area contributed by atoms with Gasteiger partial charge < -0.3 is 15.2 Å². The van der Waals surface area contributed by atoms with Crippen molar-refractivity contribution < 1.29 is 24.2 Å². The molecule has 1 saturated heterocycles. The highest BCUT2D eigenvalue weighted by molar-refractivity contribution is 6.36. The van der Waals surface area contributed by atoms with Crippen LogP contribution in [0.1, 0.15) is 6.42 Å². The van der Waals surface area contributed by atoms with Crippen LogP contribution in [0.3, 0.4) is 0 Å². The highest BCUT2D eigenvalue weighted by atomic mass is 35.5. The van der Waals surface area contributed by atoms with E-state index >= 15 is 0 Å². The summed E-state index contributed by atoms with van der Waals surface area (Å²) in [5.41, 5.74) is 0.186. The van der Waals surface area contributed by atoms with E-state index in [0.29, 0.717) is 11.1 Å². The predicted octanol–water partition coefficient (Wildman–Crippen LogP) is 1.31. The van der Waals surface area contributed by atoms with Crippen molar-refractivity contribution in [2.75, 3.05) is 11.9 Å². The van der Waals surface area contributed by atoms with Gasteiger partial charge in [-0.2, -0.15) is 0 Å². The Hall–Kier alpha value is -2.05. The molecule has 0 saturated carbocycles. The second-order valence-corrected chi connectivity index (χ2v) is 5.34. The van der Waals surface area contributed by atoms with Gasteiger partial charge in [-0.15, -0.1) is 0 Å². The van der Waals surface area contributed by atoms with Crippen LogP contribution in [0, 0.1) is 5.92 Å². The van der Waals surface area contributed by atoms with E-state index in [1.54, 1.807) is 0 Å². The minimum atomic E-state index is -1.07. The van der Waals surface area contributed by atoms with E-state index in [9.17, 15) is 19.5 Å². The Bertz CT molecular complexity index is 671. The number of rotatable bonds is 4. The third-order valence-corrected chi connectivity index (χ3v) is 3.50. The lowest BCUT2D eigenvalue weighted by molar-refractivity contribution is -0.297. The summed E-state index contributed by atoms with van der Waals surface area (Å²) in [6, 6.07) is 4.30. The molecule has 116 valence electrons. The van der Waals surface area contributed by atoms with E-state index in [1.807, 2.05) is 0 Å². The zero-order valence-corrected chi connectivity index (χ0v) is 12.6. The summed E-state index contributed by atoms with van der Waals surface area (Å²) in [4.78, 5) is 34.7. The molecular weight excluding hydrogens is 333 g/mol. The Kier molecular flexibility index (Phi) is 5.05. The van der Waals surface area contributed by atoms with Gasteiger partial charge in [-0.05, 0) is 30.0 Å². The molecule has 1 aliphatic rings. The Morgan fingerprint density at radius 2 is 2.09 bits per heavy atom. The molecule has 1 aliphatic heterocycles. The van der Waals surface area contributed by atoms with Gasteiger partial charge in [0.2, 0.25) is 5.91 Å². The molecule has 1 aromatic carbocycles. The lowest BCUT2D eigenvalue weighted by atomic mass is 10.0. The largest absolute Gasteiger partial charge is 0.869 e. The number of esters is 1. The molecule has 0 aliphatic carbocycles. The molecule has 1 heterocycles. The molecule has 0 spiro atoms. The highest BCUT2D eigenvalue weighted by Crippen LogP contribution is 2.25. The quantitative estimate of drug-likeness (QED) is 0.385. The normalized spacial score (nSPS) is 18.0. The summed E-state index contributed by atoms with van der Waals surface area (Å²) in [6.07, 6.45) is 0.794. The molecule has 1 N–H and O–H groups in total. The van der Waals surface area contributed by atoms with Gasteiger partial charge in [-0.1, -0.05) is 23.2 Å². The lowest BCUT2D eigenvalue weighted by Crippen LogP contribution is -2.26. The van der Waals surface area contributed by atoms with Crippen molar-refractivity contribution in [3.05, 3.63) is 40.1 Å². The monoisotopic (exact) mass is 342 g/mol. The van der Waals surface area contributed by atoms with E-state index in [1.165, 1.54) is 18.2 Å². The minimum absolute atomic E-state index is 0.129. The molecule has 1 aromatic rings. The van der Waals surface area contributed by atoms with Crippen molar-refractivity contribution >= 4 is 46.5 Å². The summed E-state index contributed by atoms with van der Waals surface area (Å²) in [5, 5.41) is 14.5. The molecule has 0 radical (unpaired) electrons. The first-order valence-corrected chi connectivity index (χ1v) is 6.99. The number of hydrogen-bond acceptors (Lipinski definition) is 5. The first kappa shape index (κ1) is 16.3. The maximum atomic E-state index is 11.7. The number of cyclic esters (lactones) is 1. The van der Waals surface area contributed by atoms with Crippen LogP contribution in [0.2, 0.25) is 10.0 Å². The molecule has 1 amide bonds. The van der Waals surface area contributed by atoms with Crippen LogP contribution in [0.15, 0.2) is 30.0 Å². The van der Waals surface area contributed by atoms with Crippen LogP contribution in [0.25, 0.3) is 0 Å². The average molecular weight is 343 g/mol. The highest BCUT2D eigenvalue weighted by Gasteiger charge is 2.31. The topological polar surface area (TPSA) is 95.5 Å². The van der Waals surface area contributed by atoms with Crippen LogP contribution in [0.5, 0.6) is 0 Å². The van der Waals surface area contributed by atoms with E-state index in [0.717, 1.165) is 0 Å². The number of hydrogen-bond donors (Lipinski definition) is 1. The molecule has 0 bridgehead atoms. The van der Waals surface area contributed by atoms with Gasteiger partial charge in [0.1, 0.15) is 5.92 Å². The molecule has 0 unspecified atom stereocenters. The van der Waals surface area contributed by atoms with Crippen molar-refractivity contribution in [3.63, 3.8) is 0 Å². The van der Waals surface area contributed by atoms with Crippen LogP contribution in [-0.4, -0.2) is 24.3 Å². The van der Waals surface area contributed by atoms with Crippen molar-refractivity contribution in [1.82, 2.24) is 0 Å². The SMILES string of the molecule is O=C(Nc1ccc(Cl)cc1Cl)/C([O-])=C\C(=O)[C@@H]1CCOC1=O. The van der Waals surface area contributed by atoms with Crippen molar-refractivity contribution in [2.24, 2.45) is 5.92 Å². The van der Waals surface area contributed by atoms with Gasteiger partial charge in [0.15, 0.2) is 5.78 Å². The summed E-state index contributed by atoms with van der Waals surface area (Å²) in [7, 11) is 0. The number of anilines is 1. The maximum absolute atomic E-state index is 11.7. The number of carbonyl (C=O) groups is 3. The fraction of sp³-hybridized carbons (Fsp3) is 0.214. The molecule has 6 nitrogen and oxygen atoms in total. The average Bonchev–Trinajstić information content (AvgIpc) is 2.88. The molecule has 1 fully saturated rings. The molecule has 22 heavy (non-hydrogen) atoms. The summed E-state index contributed by atoms with van der Waals surface area (Å²) >= 11 is 11.6. The first-order valence-electron chi connectivity index (χ1n) is 6.24. The third kappa shape index (κ3) is 3.78. The Labute approximate surface area is 135 Å². The second-order valence-electron chi connectivity index (χ2n) is 4.50. The van der Waals surface area contributed by atoms with E-state index in [4.69, 9.17) is 23.2 Å². The van der Waals surface area contributed by atoms with E-state index in [-0.39, 0.29) is 23.7 Å². The van der Waals surface area contributed by atoms with Crippen molar-refractivity contribution in [3.8, 4) is 0 Å². The summed E-state index contributed by atoms with van der Waals surface area (Å²) in [5.74, 6) is -4.56. The van der Waals surface area contributed by atoms with Crippen LogP contribution < -0.4 is 10.4 Å². The number of nitrogens with one attached hydrogen (secondary N) is 1. The number of benzene rings is 1. The molecule has 1 atom stereocenters. The van der Waals surface area contributed by atoms with Gasteiger partial charge in [0.05, 0.1) is 17.3 Å². The maximum Gasteiger partial charge on any atom is 0.316 e. The summed E-state index contributed by atoms with van der Waals surface area (Å²) < 4.78 is 4.63. The van der Waals surface area contributed by atoms with E-state index < -0.39 is 29.3 Å². The number of carbonyl (C=O) groups excluding carboxylic acids is 3. The Morgan fingerprint density at radius 3 is 2.68 bits per heavy atom. The Balaban J connectivity index is 2.06. The third-order valence-electron chi connectivity index (χ3n) is 2.96. The van der Waals surface area contributed by atoms with Gasteiger partial charge in [0, 0.05) is 11.4 Å². The van der Waals surface area contributed by atoms with Crippen LogP contribution in [0.4, 0.5) is 5.69 Å². The second kappa shape index (κ2) is 6.81. The number of halogens is 2. The van der Waals surface area contributed by atoms with Gasteiger partial charge in [0.25, 0.3) is 0 Å². The number of allylic oxidation sites excluding steroid dienone is 1.